The number of nitrogens with one attached hydrogen (secondary N) is 1. The molecule has 0 aliphatic heterocycles. The van der Waals surface area contributed by atoms with Crippen LogP contribution in [0.4, 0.5) is 11.5 Å². The van der Waals surface area contributed by atoms with Gasteiger partial charge in [0.15, 0.2) is 0 Å². The van der Waals surface area contributed by atoms with Gasteiger partial charge in [-0.1, -0.05) is 32.9 Å². The monoisotopic (exact) mass is 340 g/mol. The van der Waals surface area contributed by atoms with Crippen LogP contribution in [0.1, 0.15) is 56.5 Å². The van der Waals surface area contributed by atoms with Crippen LogP contribution in [-0.2, 0) is 5.41 Å². The maximum Gasteiger partial charge on any atom is 0.274 e. The predicted molar refractivity (Wildman–Crippen MR) is 103 cm³/mol. The Balaban J connectivity index is 2.20. The summed E-state index contributed by atoms with van der Waals surface area (Å²) in [4.78, 5) is 23.4. The van der Waals surface area contributed by atoms with E-state index in [0.717, 1.165) is 24.6 Å². The van der Waals surface area contributed by atoms with Gasteiger partial charge in [0.25, 0.3) is 5.91 Å². The summed E-state index contributed by atoms with van der Waals surface area (Å²) < 4.78 is 0. The summed E-state index contributed by atoms with van der Waals surface area (Å²) in [5.74, 6) is 1.16. The van der Waals surface area contributed by atoms with Crippen LogP contribution in [0.2, 0.25) is 0 Å². The van der Waals surface area contributed by atoms with Gasteiger partial charge in [0, 0.05) is 24.8 Å². The van der Waals surface area contributed by atoms with Crippen molar-refractivity contribution in [3.05, 3.63) is 47.4 Å². The first kappa shape index (κ1) is 18.9. The van der Waals surface area contributed by atoms with Gasteiger partial charge in [-0.05, 0) is 43.9 Å². The minimum atomic E-state index is -0.220. The second-order valence-electron chi connectivity index (χ2n) is 7.11. The first-order valence-corrected chi connectivity index (χ1v) is 8.77. The molecule has 0 atom stereocenters. The van der Waals surface area contributed by atoms with Crippen LogP contribution in [0, 0.1) is 6.92 Å². The Labute approximate surface area is 150 Å². The Morgan fingerprint density at radius 2 is 1.68 bits per heavy atom. The average Bonchev–Trinajstić information content (AvgIpc) is 2.55. The highest BCUT2D eigenvalue weighted by Gasteiger charge is 2.15. The second kappa shape index (κ2) is 7.64. The largest absolute Gasteiger partial charge is 0.357 e. The number of aromatic nitrogens is 2. The lowest BCUT2D eigenvalue weighted by Gasteiger charge is -2.20. The summed E-state index contributed by atoms with van der Waals surface area (Å²) in [6.45, 7) is 14.1. The molecule has 0 bridgehead atoms. The number of hydrogen-bond acceptors (Lipinski definition) is 4. The molecule has 0 fully saturated rings. The van der Waals surface area contributed by atoms with Crippen molar-refractivity contribution in [1.29, 1.82) is 0 Å². The van der Waals surface area contributed by atoms with Gasteiger partial charge in [-0.3, -0.25) is 4.79 Å². The van der Waals surface area contributed by atoms with E-state index in [1.165, 1.54) is 5.56 Å². The van der Waals surface area contributed by atoms with Gasteiger partial charge in [-0.15, -0.1) is 0 Å². The third-order valence-corrected chi connectivity index (χ3v) is 4.15. The third-order valence-electron chi connectivity index (χ3n) is 4.15. The Morgan fingerprint density at radius 1 is 1.08 bits per heavy atom. The summed E-state index contributed by atoms with van der Waals surface area (Å²) in [5.41, 5.74) is 2.46. The van der Waals surface area contributed by atoms with E-state index in [9.17, 15) is 4.79 Å². The molecule has 1 heterocycles. The first-order chi connectivity index (χ1) is 11.7. The zero-order chi connectivity index (χ0) is 18.6. The van der Waals surface area contributed by atoms with E-state index in [4.69, 9.17) is 0 Å². The van der Waals surface area contributed by atoms with Gasteiger partial charge in [-0.2, -0.15) is 0 Å². The molecule has 0 spiro atoms. The van der Waals surface area contributed by atoms with E-state index in [-0.39, 0.29) is 11.3 Å². The highest BCUT2D eigenvalue weighted by Crippen LogP contribution is 2.23. The van der Waals surface area contributed by atoms with Gasteiger partial charge in [0.1, 0.15) is 17.3 Å². The Hall–Kier alpha value is -2.43. The standard InChI is InChI=1S/C20H28N4O/c1-7-24(8-2)18-13-17(21-14(3)22-18)19(25)23-16-11-9-15(10-12-16)20(4,5)6/h9-13H,7-8H2,1-6H3,(H,23,25). The molecule has 25 heavy (non-hydrogen) atoms. The fraction of sp³-hybridized carbons (Fsp3) is 0.450. The van der Waals surface area contributed by atoms with Crippen molar-refractivity contribution < 1.29 is 4.79 Å². The molecule has 1 aromatic heterocycles. The molecular formula is C20H28N4O. The van der Waals surface area contributed by atoms with Crippen LogP contribution in [0.15, 0.2) is 30.3 Å². The van der Waals surface area contributed by atoms with Crippen LogP contribution < -0.4 is 10.2 Å². The van der Waals surface area contributed by atoms with Crippen LogP contribution in [0.5, 0.6) is 0 Å². The van der Waals surface area contributed by atoms with Crippen molar-refractivity contribution in [2.24, 2.45) is 0 Å². The molecule has 0 aliphatic rings. The number of amides is 1. The minimum Gasteiger partial charge on any atom is -0.357 e. The van der Waals surface area contributed by atoms with Crippen LogP contribution >= 0.6 is 0 Å². The number of nitrogens with zero attached hydrogens (tertiary/aromatic N) is 3. The Kier molecular flexibility index (Phi) is 5.77. The maximum atomic E-state index is 12.6. The molecule has 0 saturated carbocycles. The number of carbonyl (C=O) groups excluding carboxylic acids is 1. The van der Waals surface area contributed by atoms with Crippen LogP contribution in [0.25, 0.3) is 0 Å². The third kappa shape index (κ3) is 4.78. The molecule has 0 saturated heterocycles. The molecule has 2 rings (SSSR count). The molecule has 2 aromatic rings. The summed E-state index contributed by atoms with van der Waals surface area (Å²) in [6, 6.07) is 9.69. The lowest BCUT2D eigenvalue weighted by Crippen LogP contribution is -2.24. The summed E-state index contributed by atoms with van der Waals surface area (Å²) in [7, 11) is 0. The number of anilines is 2. The average molecular weight is 340 g/mol. The summed E-state index contributed by atoms with van der Waals surface area (Å²) in [5, 5.41) is 2.92. The fourth-order valence-corrected chi connectivity index (χ4v) is 2.63. The van der Waals surface area contributed by atoms with Crippen molar-refractivity contribution in [3.8, 4) is 0 Å². The lowest BCUT2D eigenvalue weighted by molar-refractivity contribution is 0.102. The molecule has 134 valence electrons. The molecule has 1 aromatic carbocycles. The van der Waals surface area contributed by atoms with E-state index < -0.39 is 0 Å². The van der Waals surface area contributed by atoms with Crippen LogP contribution in [-0.4, -0.2) is 29.0 Å². The number of rotatable bonds is 5. The molecule has 0 radical (unpaired) electrons. The van der Waals surface area contributed by atoms with E-state index in [0.29, 0.717) is 11.5 Å². The van der Waals surface area contributed by atoms with Crippen molar-refractivity contribution in [3.63, 3.8) is 0 Å². The van der Waals surface area contributed by atoms with Gasteiger partial charge < -0.3 is 10.2 Å². The smallest absolute Gasteiger partial charge is 0.274 e. The van der Waals surface area contributed by atoms with Gasteiger partial charge >= 0.3 is 0 Å². The molecule has 5 heteroatoms. The minimum absolute atomic E-state index is 0.0883. The Bertz CT molecular complexity index is 728. The van der Waals surface area contributed by atoms with Gasteiger partial charge in [0.2, 0.25) is 0 Å². The molecule has 1 N–H and O–H groups in total. The number of hydrogen-bond donors (Lipinski definition) is 1. The quantitative estimate of drug-likeness (QED) is 0.887. The first-order valence-electron chi connectivity index (χ1n) is 8.77. The zero-order valence-electron chi connectivity index (χ0n) is 16.1. The van der Waals surface area contributed by atoms with Crippen molar-refractivity contribution in [2.75, 3.05) is 23.3 Å². The lowest BCUT2D eigenvalue weighted by atomic mass is 9.87. The van der Waals surface area contributed by atoms with Gasteiger partial charge in [0.05, 0.1) is 0 Å². The summed E-state index contributed by atoms with van der Waals surface area (Å²) >= 11 is 0. The van der Waals surface area contributed by atoms with Crippen LogP contribution in [0.3, 0.4) is 0 Å². The summed E-state index contributed by atoms with van der Waals surface area (Å²) in [6.07, 6.45) is 0. The topological polar surface area (TPSA) is 58.1 Å². The second-order valence-corrected chi connectivity index (χ2v) is 7.11. The fourth-order valence-electron chi connectivity index (χ4n) is 2.63. The Morgan fingerprint density at radius 3 is 2.20 bits per heavy atom. The highest BCUT2D eigenvalue weighted by atomic mass is 16.1. The maximum absolute atomic E-state index is 12.6. The number of aryl methyl sites for hydroxylation is 1. The van der Waals surface area contributed by atoms with Crippen molar-refractivity contribution in [1.82, 2.24) is 9.97 Å². The molecule has 1 amide bonds. The van der Waals surface area contributed by atoms with Crippen molar-refractivity contribution in [2.45, 2.75) is 47.0 Å². The zero-order valence-corrected chi connectivity index (χ0v) is 16.1. The van der Waals surface area contributed by atoms with E-state index in [2.05, 4.69) is 54.8 Å². The van der Waals surface area contributed by atoms with E-state index >= 15 is 0 Å². The normalized spacial score (nSPS) is 11.3. The van der Waals surface area contributed by atoms with Gasteiger partial charge in [-0.25, -0.2) is 9.97 Å². The molecule has 5 nitrogen and oxygen atoms in total. The SMILES string of the molecule is CCN(CC)c1cc(C(=O)Nc2ccc(C(C)(C)C)cc2)nc(C)n1. The number of carbonyl (C=O) groups is 1. The highest BCUT2D eigenvalue weighted by molar-refractivity contribution is 6.03. The number of benzene rings is 1. The molecule has 0 unspecified atom stereocenters. The predicted octanol–water partition coefficient (Wildman–Crippen LogP) is 4.18. The molecule has 0 aliphatic carbocycles. The van der Waals surface area contributed by atoms with E-state index in [1.54, 1.807) is 6.07 Å². The van der Waals surface area contributed by atoms with E-state index in [1.807, 2.05) is 31.2 Å². The molecular weight excluding hydrogens is 312 g/mol. The van der Waals surface area contributed by atoms with Crippen molar-refractivity contribution >= 4 is 17.4 Å².